The van der Waals surface area contributed by atoms with E-state index in [1.54, 1.807) is 18.5 Å². The molecule has 3 heterocycles. The molecule has 2 saturated heterocycles. The Kier molecular flexibility index (Phi) is 3.98. The van der Waals surface area contributed by atoms with Crippen molar-refractivity contribution < 1.29 is 9.59 Å². The number of anilines is 1. The molecule has 2 N–H and O–H groups in total. The summed E-state index contributed by atoms with van der Waals surface area (Å²) in [5.74, 6) is 0.645. The normalized spacial score (nSPS) is 23.0. The summed E-state index contributed by atoms with van der Waals surface area (Å²) in [7, 11) is 0. The summed E-state index contributed by atoms with van der Waals surface area (Å²) < 4.78 is 0. The van der Waals surface area contributed by atoms with Crippen LogP contribution in [0, 0.1) is 0 Å². The van der Waals surface area contributed by atoms with Gasteiger partial charge in [-0.05, 0) is 25.3 Å². The van der Waals surface area contributed by atoms with Crippen molar-refractivity contribution in [1.29, 1.82) is 0 Å². The van der Waals surface area contributed by atoms with Crippen LogP contribution < -0.4 is 15.5 Å². The lowest BCUT2D eigenvalue weighted by molar-refractivity contribution is -0.126. The smallest absolute Gasteiger partial charge is 0.242 e. The van der Waals surface area contributed by atoms with Gasteiger partial charge in [0.2, 0.25) is 17.8 Å². The van der Waals surface area contributed by atoms with Gasteiger partial charge in [-0.2, -0.15) is 0 Å². The number of rotatable bonds is 3. The maximum absolute atomic E-state index is 12.0. The quantitative estimate of drug-likeness (QED) is 0.807. The van der Waals surface area contributed by atoms with E-state index in [0.29, 0.717) is 12.8 Å². The minimum Gasteiger partial charge on any atom is -0.351 e. The van der Waals surface area contributed by atoms with Gasteiger partial charge in [0.15, 0.2) is 0 Å². The lowest BCUT2D eigenvalue weighted by Gasteiger charge is -2.32. The summed E-state index contributed by atoms with van der Waals surface area (Å²) in [5.41, 5.74) is 0. The fraction of sp³-hybridized carbons (Fsp3) is 0.571. The van der Waals surface area contributed by atoms with Crippen molar-refractivity contribution in [3.05, 3.63) is 18.5 Å². The van der Waals surface area contributed by atoms with Crippen molar-refractivity contribution >= 4 is 17.8 Å². The highest BCUT2D eigenvalue weighted by Crippen LogP contribution is 2.16. The summed E-state index contributed by atoms with van der Waals surface area (Å²) in [6.07, 6.45) is 6.25. The van der Waals surface area contributed by atoms with Gasteiger partial charge in [0, 0.05) is 37.9 Å². The second kappa shape index (κ2) is 6.07. The maximum atomic E-state index is 12.0. The molecule has 2 aliphatic heterocycles. The van der Waals surface area contributed by atoms with Gasteiger partial charge >= 0.3 is 0 Å². The van der Waals surface area contributed by atoms with Crippen molar-refractivity contribution in [3.63, 3.8) is 0 Å². The van der Waals surface area contributed by atoms with E-state index in [9.17, 15) is 9.59 Å². The highest BCUT2D eigenvalue weighted by Gasteiger charge is 2.29. The Balaban J connectivity index is 1.48. The highest BCUT2D eigenvalue weighted by atomic mass is 16.2. The Hall–Kier alpha value is -2.18. The van der Waals surface area contributed by atoms with Crippen molar-refractivity contribution in [2.45, 2.75) is 37.8 Å². The van der Waals surface area contributed by atoms with E-state index in [4.69, 9.17) is 0 Å². The minimum atomic E-state index is -0.354. The Morgan fingerprint density at radius 2 is 1.95 bits per heavy atom. The fourth-order valence-electron chi connectivity index (χ4n) is 2.79. The summed E-state index contributed by atoms with van der Waals surface area (Å²) in [4.78, 5) is 33.8. The number of nitrogens with one attached hydrogen (secondary N) is 2. The summed E-state index contributed by atoms with van der Waals surface area (Å²) in [6, 6.07) is 1.61. The summed E-state index contributed by atoms with van der Waals surface area (Å²) in [6.45, 7) is 1.65. The van der Waals surface area contributed by atoms with Gasteiger partial charge in [-0.15, -0.1) is 0 Å². The number of carbonyl (C=O) groups excluding carboxylic acids is 2. The predicted octanol–water partition coefficient (Wildman–Crippen LogP) is -0.160. The van der Waals surface area contributed by atoms with Crippen LogP contribution in [0.5, 0.6) is 0 Å². The molecule has 7 heteroatoms. The first-order chi connectivity index (χ1) is 10.2. The first-order valence-electron chi connectivity index (χ1n) is 7.34. The molecule has 1 unspecified atom stereocenters. The van der Waals surface area contributed by atoms with Gasteiger partial charge in [-0.1, -0.05) is 0 Å². The molecule has 2 fully saturated rings. The molecule has 1 aromatic heterocycles. The second-order valence-electron chi connectivity index (χ2n) is 5.48. The molecule has 1 atom stereocenters. The van der Waals surface area contributed by atoms with Crippen LogP contribution in [-0.4, -0.2) is 47.0 Å². The first-order valence-corrected chi connectivity index (χ1v) is 7.34. The molecule has 0 aliphatic carbocycles. The summed E-state index contributed by atoms with van der Waals surface area (Å²) in [5, 5.41) is 5.73. The zero-order valence-electron chi connectivity index (χ0n) is 11.8. The Morgan fingerprint density at radius 1 is 1.24 bits per heavy atom. The fourth-order valence-corrected chi connectivity index (χ4v) is 2.79. The SMILES string of the molecule is O=C1CCC(C(=O)NC2CCN(c3ncccn3)CC2)N1. The van der Waals surface area contributed by atoms with Crippen LogP contribution >= 0.6 is 0 Å². The van der Waals surface area contributed by atoms with Gasteiger partial charge in [-0.25, -0.2) is 9.97 Å². The van der Waals surface area contributed by atoms with Crippen LogP contribution in [-0.2, 0) is 9.59 Å². The highest BCUT2D eigenvalue weighted by molar-refractivity contribution is 5.90. The van der Waals surface area contributed by atoms with E-state index in [0.717, 1.165) is 31.9 Å². The molecular weight excluding hydrogens is 270 g/mol. The molecule has 2 aliphatic rings. The van der Waals surface area contributed by atoms with Crippen molar-refractivity contribution in [2.24, 2.45) is 0 Å². The second-order valence-corrected chi connectivity index (χ2v) is 5.48. The van der Waals surface area contributed by atoms with Crippen molar-refractivity contribution in [2.75, 3.05) is 18.0 Å². The zero-order valence-corrected chi connectivity index (χ0v) is 11.8. The van der Waals surface area contributed by atoms with Gasteiger partial charge in [0.25, 0.3) is 0 Å². The molecule has 7 nitrogen and oxygen atoms in total. The molecule has 112 valence electrons. The van der Waals surface area contributed by atoms with Crippen molar-refractivity contribution in [1.82, 2.24) is 20.6 Å². The number of piperidine rings is 1. The Labute approximate surface area is 123 Å². The van der Waals surface area contributed by atoms with E-state index >= 15 is 0 Å². The van der Waals surface area contributed by atoms with Crippen LogP contribution in [0.15, 0.2) is 18.5 Å². The zero-order chi connectivity index (χ0) is 14.7. The Bertz CT molecular complexity index is 513. The number of amides is 2. The lowest BCUT2D eigenvalue weighted by Crippen LogP contribution is -2.50. The molecule has 0 radical (unpaired) electrons. The topological polar surface area (TPSA) is 87.2 Å². The van der Waals surface area contributed by atoms with Crippen molar-refractivity contribution in [3.8, 4) is 0 Å². The van der Waals surface area contributed by atoms with Crippen LogP contribution in [0.1, 0.15) is 25.7 Å². The molecule has 0 saturated carbocycles. The first kappa shape index (κ1) is 13.8. The monoisotopic (exact) mass is 289 g/mol. The molecule has 2 amide bonds. The van der Waals surface area contributed by atoms with E-state index in [1.165, 1.54) is 0 Å². The molecular formula is C14H19N5O2. The van der Waals surface area contributed by atoms with E-state index in [2.05, 4.69) is 25.5 Å². The molecule has 0 aromatic carbocycles. The predicted molar refractivity (Wildman–Crippen MR) is 76.6 cm³/mol. The molecule has 3 rings (SSSR count). The van der Waals surface area contributed by atoms with Crippen LogP contribution in [0.2, 0.25) is 0 Å². The average molecular weight is 289 g/mol. The molecule has 0 bridgehead atoms. The van der Waals surface area contributed by atoms with Crippen LogP contribution in [0.25, 0.3) is 0 Å². The van der Waals surface area contributed by atoms with Gasteiger partial charge in [0.1, 0.15) is 6.04 Å². The van der Waals surface area contributed by atoms with Gasteiger partial charge in [-0.3, -0.25) is 9.59 Å². The third-order valence-electron chi connectivity index (χ3n) is 3.99. The summed E-state index contributed by atoms with van der Waals surface area (Å²) >= 11 is 0. The molecule has 0 spiro atoms. The largest absolute Gasteiger partial charge is 0.351 e. The number of hydrogen-bond acceptors (Lipinski definition) is 5. The van der Waals surface area contributed by atoms with Crippen LogP contribution in [0.3, 0.4) is 0 Å². The minimum absolute atomic E-state index is 0.0359. The third-order valence-corrected chi connectivity index (χ3v) is 3.99. The number of nitrogens with zero attached hydrogens (tertiary/aromatic N) is 3. The van der Waals surface area contributed by atoms with Gasteiger partial charge in [0.05, 0.1) is 0 Å². The number of hydrogen-bond donors (Lipinski definition) is 2. The van der Waals surface area contributed by atoms with Gasteiger partial charge < -0.3 is 15.5 Å². The standard InChI is InChI=1S/C14H19N5O2/c20-12-3-2-11(18-12)13(21)17-10-4-8-19(9-5-10)14-15-6-1-7-16-14/h1,6-7,10-11H,2-5,8-9H2,(H,17,21)(H,18,20). The molecule has 1 aromatic rings. The average Bonchev–Trinajstić information content (AvgIpc) is 2.96. The number of carbonyl (C=O) groups is 2. The maximum Gasteiger partial charge on any atom is 0.242 e. The van der Waals surface area contributed by atoms with E-state index in [1.807, 2.05) is 0 Å². The number of aromatic nitrogens is 2. The molecule has 21 heavy (non-hydrogen) atoms. The van der Waals surface area contributed by atoms with E-state index < -0.39 is 0 Å². The lowest BCUT2D eigenvalue weighted by atomic mass is 10.0. The Morgan fingerprint density at radius 3 is 2.57 bits per heavy atom. The van der Waals surface area contributed by atoms with E-state index in [-0.39, 0.29) is 23.9 Å². The third kappa shape index (κ3) is 3.29. The van der Waals surface area contributed by atoms with Crippen LogP contribution in [0.4, 0.5) is 5.95 Å².